The molecule has 1 rings (SSSR count). The number of aliphatic hydroxyl groups is 1. The zero-order valence-corrected chi connectivity index (χ0v) is 8.29. The standard InChI is InChI=1S/C9H18N2O2/c1-3-8(12)9(13)11-5-4-7(6-11)10-2/h7-8,10,12H,3-6H2,1-2H3/t7-,8-/m0/s1. The third kappa shape index (κ3) is 2.42. The van der Waals surface area contributed by atoms with Gasteiger partial charge in [0, 0.05) is 19.1 Å². The van der Waals surface area contributed by atoms with Crippen LogP contribution < -0.4 is 5.32 Å². The van der Waals surface area contributed by atoms with E-state index in [0.29, 0.717) is 12.5 Å². The zero-order chi connectivity index (χ0) is 9.84. The molecule has 0 aromatic rings. The lowest BCUT2D eigenvalue weighted by molar-refractivity contribution is -0.139. The predicted molar refractivity (Wildman–Crippen MR) is 50.3 cm³/mol. The molecule has 1 aliphatic rings. The summed E-state index contributed by atoms with van der Waals surface area (Å²) in [4.78, 5) is 13.2. The number of carbonyl (C=O) groups excluding carboxylic acids is 1. The van der Waals surface area contributed by atoms with E-state index in [0.717, 1.165) is 19.5 Å². The van der Waals surface area contributed by atoms with E-state index in [-0.39, 0.29) is 5.91 Å². The summed E-state index contributed by atoms with van der Waals surface area (Å²) in [6, 6.07) is 0.396. The third-order valence-electron chi connectivity index (χ3n) is 2.58. The first-order valence-electron chi connectivity index (χ1n) is 4.83. The van der Waals surface area contributed by atoms with Crippen LogP contribution in [0.2, 0.25) is 0 Å². The topological polar surface area (TPSA) is 52.6 Å². The maximum Gasteiger partial charge on any atom is 0.251 e. The van der Waals surface area contributed by atoms with Gasteiger partial charge in [-0.15, -0.1) is 0 Å². The van der Waals surface area contributed by atoms with Gasteiger partial charge in [0.25, 0.3) is 5.91 Å². The van der Waals surface area contributed by atoms with E-state index in [9.17, 15) is 9.90 Å². The van der Waals surface area contributed by atoms with Gasteiger partial charge < -0.3 is 15.3 Å². The zero-order valence-electron chi connectivity index (χ0n) is 8.29. The van der Waals surface area contributed by atoms with Gasteiger partial charge in [-0.1, -0.05) is 6.92 Å². The van der Waals surface area contributed by atoms with Crippen LogP contribution in [0.1, 0.15) is 19.8 Å². The van der Waals surface area contributed by atoms with Crippen LogP contribution in [-0.4, -0.2) is 48.2 Å². The Morgan fingerprint density at radius 3 is 2.92 bits per heavy atom. The molecule has 1 aliphatic heterocycles. The molecule has 0 spiro atoms. The molecule has 0 saturated carbocycles. The van der Waals surface area contributed by atoms with Crippen molar-refractivity contribution in [1.29, 1.82) is 0 Å². The summed E-state index contributed by atoms with van der Waals surface area (Å²) >= 11 is 0. The highest BCUT2D eigenvalue weighted by atomic mass is 16.3. The van der Waals surface area contributed by atoms with Crippen molar-refractivity contribution in [3.8, 4) is 0 Å². The number of likely N-dealkylation sites (tertiary alicyclic amines) is 1. The molecule has 0 bridgehead atoms. The quantitative estimate of drug-likeness (QED) is 0.629. The largest absolute Gasteiger partial charge is 0.383 e. The Hall–Kier alpha value is -0.610. The maximum atomic E-state index is 11.5. The Morgan fingerprint density at radius 2 is 2.46 bits per heavy atom. The number of likely N-dealkylation sites (N-methyl/N-ethyl adjacent to an activating group) is 1. The molecule has 0 aliphatic carbocycles. The van der Waals surface area contributed by atoms with E-state index in [4.69, 9.17) is 0 Å². The third-order valence-corrected chi connectivity index (χ3v) is 2.58. The molecule has 76 valence electrons. The summed E-state index contributed by atoms with van der Waals surface area (Å²) in [5.74, 6) is -0.125. The number of hydrogen-bond acceptors (Lipinski definition) is 3. The Kier molecular flexibility index (Phi) is 3.69. The van der Waals surface area contributed by atoms with Gasteiger partial charge in [-0.3, -0.25) is 4.79 Å². The molecule has 0 aromatic carbocycles. The molecular formula is C9H18N2O2. The number of rotatable bonds is 3. The van der Waals surface area contributed by atoms with Crippen molar-refractivity contribution in [2.45, 2.75) is 31.9 Å². The van der Waals surface area contributed by atoms with Gasteiger partial charge in [0.1, 0.15) is 6.10 Å². The summed E-state index contributed by atoms with van der Waals surface area (Å²) in [6.07, 6.45) is 0.675. The van der Waals surface area contributed by atoms with Crippen molar-refractivity contribution in [3.05, 3.63) is 0 Å². The maximum absolute atomic E-state index is 11.5. The minimum Gasteiger partial charge on any atom is -0.383 e. The fraction of sp³-hybridized carbons (Fsp3) is 0.889. The lowest BCUT2D eigenvalue weighted by Gasteiger charge is -2.19. The summed E-state index contributed by atoms with van der Waals surface area (Å²) < 4.78 is 0. The van der Waals surface area contributed by atoms with Crippen LogP contribution in [0.15, 0.2) is 0 Å². The molecule has 13 heavy (non-hydrogen) atoms. The summed E-state index contributed by atoms with van der Waals surface area (Å²) in [6.45, 7) is 3.31. The van der Waals surface area contributed by atoms with Crippen molar-refractivity contribution >= 4 is 5.91 Å². The Bertz CT molecular complexity index is 184. The van der Waals surface area contributed by atoms with Crippen molar-refractivity contribution in [3.63, 3.8) is 0 Å². The van der Waals surface area contributed by atoms with E-state index in [1.807, 2.05) is 14.0 Å². The number of carbonyl (C=O) groups is 1. The molecule has 2 N–H and O–H groups in total. The molecule has 1 saturated heterocycles. The molecule has 0 aromatic heterocycles. The van der Waals surface area contributed by atoms with Crippen molar-refractivity contribution < 1.29 is 9.90 Å². The van der Waals surface area contributed by atoms with E-state index >= 15 is 0 Å². The predicted octanol–water partition coefficient (Wildman–Crippen LogP) is -0.422. The molecule has 2 atom stereocenters. The van der Waals surface area contributed by atoms with Crippen LogP contribution in [0.4, 0.5) is 0 Å². The lowest BCUT2D eigenvalue weighted by atomic mass is 10.2. The van der Waals surface area contributed by atoms with Crippen LogP contribution in [0.3, 0.4) is 0 Å². The SMILES string of the molecule is CC[C@H](O)C(=O)N1CC[C@H](NC)C1. The number of hydrogen-bond donors (Lipinski definition) is 2. The van der Waals surface area contributed by atoms with Crippen LogP contribution in [-0.2, 0) is 4.79 Å². The lowest BCUT2D eigenvalue weighted by Crippen LogP contribution is -2.39. The second-order valence-corrected chi connectivity index (χ2v) is 3.48. The minimum absolute atomic E-state index is 0.125. The molecular weight excluding hydrogens is 168 g/mol. The number of nitrogens with zero attached hydrogens (tertiary/aromatic N) is 1. The smallest absolute Gasteiger partial charge is 0.251 e. The second-order valence-electron chi connectivity index (χ2n) is 3.48. The first-order valence-corrected chi connectivity index (χ1v) is 4.83. The molecule has 1 fully saturated rings. The fourth-order valence-electron chi connectivity index (χ4n) is 1.58. The van der Waals surface area contributed by atoms with Crippen LogP contribution in [0.5, 0.6) is 0 Å². The summed E-state index contributed by atoms with van der Waals surface area (Å²) in [7, 11) is 1.90. The van der Waals surface area contributed by atoms with Gasteiger partial charge in [-0.25, -0.2) is 0 Å². The van der Waals surface area contributed by atoms with Gasteiger partial charge in [0.2, 0.25) is 0 Å². The van der Waals surface area contributed by atoms with Gasteiger partial charge in [0.05, 0.1) is 0 Å². The molecule has 0 radical (unpaired) electrons. The molecule has 1 heterocycles. The highest BCUT2D eigenvalue weighted by Gasteiger charge is 2.28. The second kappa shape index (κ2) is 4.58. The number of nitrogens with one attached hydrogen (secondary N) is 1. The van der Waals surface area contributed by atoms with Crippen molar-refractivity contribution in [1.82, 2.24) is 10.2 Å². The Morgan fingerprint density at radius 1 is 1.77 bits per heavy atom. The van der Waals surface area contributed by atoms with E-state index in [2.05, 4.69) is 5.32 Å². The van der Waals surface area contributed by atoms with E-state index < -0.39 is 6.10 Å². The van der Waals surface area contributed by atoms with Gasteiger partial charge >= 0.3 is 0 Å². The Balaban J connectivity index is 2.41. The molecule has 0 unspecified atom stereocenters. The highest BCUT2D eigenvalue weighted by molar-refractivity contribution is 5.80. The van der Waals surface area contributed by atoms with Gasteiger partial charge in [-0.2, -0.15) is 0 Å². The average molecular weight is 186 g/mol. The minimum atomic E-state index is -0.810. The first-order chi connectivity index (χ1) is 6.19. The van der Waals surface area contributed by atoms with Crippen LogP contribution >= 0.6 is 0 Å². The number of aliphatic hydroxyl groups excluding tert-OH is 1. The fourth-order valence-corrected chi connectivity index (χ4v) is 1.58. The molecule has 4 heteroatoms. The van der Waals surface area contributed by atoms with Crippen molar-refractivity contribution in [2.24, 2.45) is 0 Å². The Labute approximate surface area is 78.9 Å². The van der Waals surface area contributed by atoms with Crippen LogP contribution in [0, 0.1) is 0 Å². The molecule has 1 amide bonds. The monoisotopic (exact) mass is 186 g/mol. The van der Waals surface area contributed by atoms with Crippen molar-refractivity contribution in [2.75, 3.05) is 20.1 Å². The van der Waals surface area contributed by atoms with E-state index in [1.165, 1.54) is 0 Å². The highest BCUT2D eigenvalue weighted by Crippen LogP contribution is 2.10. The average Bonchev–Trinajstić information content (AvgIpc) is 2.63. The summed E-state index contributed by atoms with van der Waals surface area (Å²) in [5.41, 5.74) is 0. The van der Waals surface area contributed by atoms with Gasteiger partial charge in [-0.05, 0) is 19.9 Å². The summed E-state index contributed by atoms with van der Waals surface area (Å²) in [5, 5.41) is 12.5. The first kappa shape index (κ1) is 10.5. The number of amides is 1. The van der Waals surface area contributed by atoms with Gasteiger partial charge in [0.15, 0.2) is 0 Å². The van der Waals surface area contributed by atoms with Crippen LogP contribution in [0.25, 0.3) is 0 Å². The molecule has 4 nitrogen and oxygen atoms in total. The normalized spacial score (nSPS) is 24.8. The van der Waals surface area contributed by atoms with E-state index in [1.54, 1.807) is 4.90 Å².